The van der Waals surface area contributed by atoms with Crippen molar-refractivity contribution in [1.29, 1.82) is 0 Å². The maximum absolute atomic E-state index is 6.33. The van der Waals surface area contributed by atoms with Gasteiger partial charge in [0.1, 0.15) is 17.6 Å². The number of hydrogen-bond donors (Lipinski definition) is 1. The van der Waals surface area contributed by atoms with Crippen molar-refractivity contribution in [3.8, 4) is 11.3 Å². The van der Waals surface area contributed by atoms with Crippen LogP contribution in [0.15, 0.2) is 83.5 Å². The van der Waals surface area contributed by atoms with Crippen molar-refractivity contribution in [1.82, 2.24) is 20.2 Å². The molecule has 0 unspecified atom stereocenters. The Morgan fingerprint density at radius 2 is 1.75 bits per heavy atom. The van der Waals surface area contributed by atoms with Gasteiger partial charge in [0.15, 0.2) is 5.11 Å². The van der Waals surface area contributed by atoms with Crippen molar-refractivity contribution in [2.45, 2.75) is 18.6 Å². The number of benzene rings is 1. The second-order valence-corrected chi connectivity index (χ2v) is 8.61. The third-order valence-electron chi connectivity index (χ3n) is 5.38. The van der Waals surface area contributed by atoms with Gasteiger partial charge in [-0.05, 0) is 66.8 Å². The minimum Gasteiger partial charge on any atom is -0.459 e. The monoisotopic (exact) mass is 480 g/mol. The predicted octanol–water partition coefficient (Wildman–Crippen LogP) is 6.22. The van der Waals surface area contributed by atoms with E-state index >= 15 is 0 Å². The van der Waals surface area contributed by atoms with E-state index in [1.807, 2.05) is 54.6 Å². The molecule has 1 saturated heterocycles. The van der Waals surface area contributed by atoms with Gasteiger partial charge >= 0.3 is 0 Å². The lowest BCUT2D eigenvalue weighted by Crippen LogP contribution is -2.29. The molecule has 0 spiro atoms. The molecule has 0 amide bonds. The SMILES string of the molecule is S=C1N[C@@H](c2ccccn2)[C@@H](c2ccc(-c3ccc(Cl)c(Cl)c3)o2)N1Cc1ccccn1. The number of nitrogens with zero attached hydrogens (tertiary/aromatic N) is 3. The van der Waals surface area contributed by atoms with E-state index in [1.165, 1.54) is 0 Å². The molecule has 0 radical (unpaired) electrons. The Kier molecular flexibility index (Phi) is 5.83. The van der Waals surface area contributed by atoms with Crippen LogP contribution in [0.5, 0.6) is 0 Å². The summed E-state index contributed by atoms with van der Waals surface area (Å²) in [4.78, 5) is 11.1. The van der Waals surface area contributed by atoms with Crippen molar-refractivity contribution in [2.24, 2.45) is 0 Å². The Morgan fingerprint density at radius 1 is 0.938 bits per heavy atom. The van der Waals surface area contributed by atoms with Crippen molar-refractivity contribution >= 4 is 40.5 Å². The Bertz CT molecular complexity index is 1250. The summed E-state index contributed by atoms with van der Waals surface area (Å²) in [5, 5.41) is 5.04. The molecule has 0 bridgehead atoms. The molecule has 0 saturated carbocycles. The number of hydrogen-bond acceptors (Lipinski definition) is 4. The van der Waals surface area contributed by atoms with Gasteiger partial charge in [0, 0.05) is 18.0 Å². The number of aromatic nitrogens is 2. The molecule has 1 fully saturated rings. The Hall–Kier alpha value is -2.93. The molecule has 8 heteroatoms. The van der Waals surface area contributed by atoms with Crippen LogP contribution in [-0.2, 0) is 6.54 Å². The van der Waals surface area contributed by atoms with Crippen molar-refractivity contribution in [3.05, 3.63) is 106 Å². The van der Waals surface area contributed by atoms with Gasteiger partial charge in [-0.3, -0.25) is 9.97 Å². The molecule has 4 heterocycles. The Morgan fingerprint density at radius 3 is 2.47 bits per heavy atom. The largest absolute Gasteiger partial charge is 0.459 e. The number of nitrogens with one attached hydrogen (secondary N) is 1. The van der Waals surface area contributed by atoms with E-state index in [-0.39, 0.29) is 12.1 Å². The highest BCUT2D eigenvalue weighted by molar-refractivity contribution is 7.80. The van der Waals surface area contributed by atoms with E-state index in [9.17, 15) is 0 Å². The highest BCUT2D eigenvalue weighted by atomic mass is 35.5. The van der Waals surface area contributed by atoms with E-state index < -0.39 is 0 Å². The number of rotatable bonds is 5. The lowest BCUT2D eigenvalue weighted by molar-refractivity contribution is 0.267. The molecule has 32 heavy (non-hydrogen) atoms. The van der Waals surface area contributed by atoms with Crippen molar-refractivity contribution < 1.29 is 4.42 Å². The summed E-state index contributed by atoms with van der Waals surface area (Å²) in [6, 6.07) is 20.7. The molecule has 5 rings (SSSR count). The number of thiocarbonyl (C=S) groups is 1. The standard InChI is InChI=1S/C24H18Cl2N4OS/c25-17-8-7-15(13-18(17)26)20-9-10-21(31-20)23-22(19-6-2-4-12-28-19)29-24(32)30(23)14-16-5-1-3-11-27-16/h1-13,22-23H,14H2,(H,29,32)/t22-,23+/m0/s1. The van der Waals surface area contributed by atoms with Crippen LogP contribution in [0.4, 0.5) is 0 Å². The smallest absolute Gasteiger partial charge is 0.170 e. The van der Waals surface area contributed by atoms with E-state index in [2.05, 4.69) is 20.2 Å². The fourth-order valence-electron chi connectivity index (χ4n) is 3.87. The maximum atomic E-state index is 6.33. The minimum atomic E-state index is -0.198. The zero-order valence-corrected chi connectivity index (χ0v) is 19.1. The van der Waals surface area contributed by atoms with Crippen molar-refractivity contribution in [3.63, 3.8) is 0 Å². The average molecular weight is 481 g/mol. The number of furan rings is 1. The van der Waals surface area contributed by atoms with Crippen molar-refractivity contribution in [2.75, 3.05) is 0 Å². The van der Waals surface area contributed by atoms with E-state index in [4.69, 9.17) is 39.8 Å². The van der Waals surface area contributed by atoms with Gasteiger partial charge in [-0.2, -0.15) is 0 Å². The van der Waals surface area contributed by atoms with Gasteiger partial charge in [-0.25, -0.2) is 0 Å². The first-order valence-electron chi connectivity index (χ1n) is 10.0. The molecule has 0 aliphatic carbocycles. The van der Waals surface area contributed by atoms with E-state index in [0.29, 0.717) is 27.5 Å². The van der Waals surface area contributed by atoms with Crippen LogP contribution in [0, 0.1) is 0 Å². The average Bonchev–Trinajstić information content (AvgIpc) is 3.42. The highest BCUT2D eigenvalue weighted by Gasteiger charge is 2.41. The fraction of sp³-hybridized carbons (Fsp3) is 0.125. The molecule has 4 aromatic rings. The van der Waals surface area contributed by atoms with Crippen LogP contribution in [0.25, 0.3) is 11.3 Å². The van der Waals surface area contributed by atoms with E-state index in [0.717, 1.165) is 22.7 Å². The first kappa shape index (κ1) is 20.9. The van der Waals surface area contributed by atoms with Gasteiger partial charge in [-0.1, -0.05) is 35.3 Å². The number of pyridine rings is 2. The molecule has 160 valence electrons. The molecule has 3 aromatic heterocycles. The molecule has 5 nitrogen and oxygen atoms in total. The molecular weight excluding hydrogens is 463 g/mol. The molecule has 1 aliphatic rings. The summed E-state index contributed by atoms with van der Waals surface area (Å²) >= 11 is 18.0. The summed E-state index contributed by atoms with van der Waals surface area (Å²) in [5.41, 5.74) is 2.65. The fourth-order valence-corrected chi connectivity index (χ4v) is 4.47. The Balaban J connectivity index is 1.54. The van der Waals surface area contributed by atoms with E-state index in [1.54, 1.807) is 24.5 Å². The zero-order valence-electron chi connectivity index (χ0n) is 16.8. The van der Waals surface area contributed by atoms with Crippen LogP contribution in [0.3, 0.4) is 0 Å². The van der Waals surface area contributed by atoms with Gasteiger partial charge in [-0.15, -0.1) is 0 Å². The lowest BCUT2D eigenvalue weighted by Gasteiger charge is -2.25. The predicted molar refractivity (Wildman–Crippen MR) is 129 cm³/mol. The maximum Gasteiger partial charge on any atom is 0.170 e. The quantitative estimate of drug-likeness (QED) is 0.342. The van der Waals surface area contributed by atoms with Crippen LogP contribution in [0.2, 0.25) is 10.0 Å². The lowest BCUT2D eigenvalue weighted by atomic mass is 10.0. The normalized spacial score (nSPS) is 18.1. The minimum absolute atomic E-state index is 0.166. The highest BCUT2D eigenvalue weighted by Crippen LogP contribution is 2.41. The summed E-state index contributed by atoms with van der Waals surface area (Å²) in [6.45, 7) is 0.545. The zero-order chi connectivity index (χ0) is 22.1. The van der Waals surface area contributed by atoms with Gasteiger partial charge in [0.05, 0.1) is 34.0 Å². The molecule has 1 N–H and O–H groups in total. The summed E-state index contributed by atoms with van der Waals surface area (Å²) < 4.78 is 6.33. The number of halogens is 2. The van der Waals surface area contributed by atoms with Gasteiger partial charge in [0.2, 0.25) is 0 Å². The molecule has 2 atom stereocenters. The van der Waals surface area contributed by atoms with Crippen LogP contribution < -0.4 is 5.32 Å². The topological polar surface area (TPSA) is 54.2 Å². The second kappa shape index (κ2) is 8.90. The van der Waals surface area contributed by atoms with Crippen LogP contribution >= 0.6 is 35.4 Å². The van der Waals surface area contributed by atoms with Crippen LogP contribution in [-0.4, -0.2) is 20.0 Å². The third kappa shape index (κ3) is 4.09. The van der Waals surface area contributed by atoms with Gasteiger partial charge in [0.25, 0.3) is 0 Å². The van der Waals surface area contributed by atoms with Gasteiger partial charge < -0.3 is 14.6 Å². The second-order valence-electron chi connectivity index (χ2n) is 7.41. The summed E-state index contributed by atoms with van der Waals surface area (Å²) in [6.07, 6.45) is 3.56. The summed E-state index contributed by atoms with van der Waals surface area (Å²) in [5.74, 6) is 1.47. The first-order chi connectivity index (χ1) is 15.6. The molecule has 1 aliphatic heterocycles. The Labute approximate surface area is 201 Å². The van der Waals surface area contributed by atoms with Crippen LogP contribution in [0.1, 0.15) is 29.2 Å². The molecule has 1 aromatic carbocycles. The molecular formula is C24H18Cl2N4OS. The third-order valence-corrected chi connectivity index (χ3v) is 6.47. The summed E-state index contributed by atoms with van der Waals surface area (Å²) in [7, 11) is 0. The first-order valence-corrected chi connectivity index (χ1v) is 11.2.